The Morgan fingerprint density at radius 2 is 2.20 bits per heavy atom. The van der Waals surface area contributed by atoms with Gasteiger partial charge in [-0.25, -0.2) is 0 Å². The first-order valence-electron chi connectivity index (χ1n) is 6.92. The lowest BCUT2D eigenvalue weighted by Gasteiger charge is -2.25. The Labute approximate surface area is 127 Å². The third-order valence-electron chi connectivity index (χ3n) is 3.95. The van der Waals surface area contributed by atoms with Crippen LogP contribution in [0.25, 0.3) is 0 Å². The molecule has 1 aliphatic heterocycles. The molecular formula is C16H18BrN3. The Balaban J connectivity index is 1.83. The van der Waals surface area contributed by atoms with Gasteiger partial charge in [-0.15, -0.1) is 0 Å². The van der Waals surface area contributed by atoms with Gasteiger partial charge < -0.3 is 5.73 Å². The van der Waals surface area contributed by atoms with E-state index in [9.17, 15) is 0 Å². The van der Waals surface area contributed by atoms with E-state index in [1.54, 1.807) is 0 Å². The van der Waals surface area contributed by atoms with Crippen LogP contribution in [0.1, 0.15) is 30.0 Å². The van der Waals surface area contributed by atoms with Gasteiger partial charge in [0.05, 0.1) is 0 Å². The standard InChI is InChI=1S/C16H18BrN3/c17-14-5-1-6-15(18)13(14)11-20-9-3-7-16(20)12-4-2-8-19-10-12/h1-2,4-6,8,10,16H,3,7,9,11,18H2. The molecule has 2 heterocycles. The summed E-state index contributed by atoms with van der Waals surface area (Å²) in [5, 5.41) is 0. The lowest BCUT2D eigenvalue weighted by atomic mass is 10.1. The quantitative estimate of drug-likeness (QED) is 0.870. The first-order chi connectivity index (χ1) is 9.75. The molecule has 1 aliphatic rings. The fraction of sp³-hybridized carbons (Fsp3) is 0.312. The van der Waals surface area contributed by atoms with Gasteiger partial charge in [-0.3, -0.25) is 9.88 Å². The summed E-state index contributed by atoms with van der Waals surface area (Å²) in [6.45, 7) is 1.99. The second-order valence-electron chi connectivity index (χ2n) is 5.22. The molecule has 0 bridgehead atoms. The summed E-state index contributed by atoms with van der Waals surface area (Å²) in [4.78, 5) is 6.74. The van der Waals surface area contributed by atoms with E-state index < -0.39 is 0 Å². The molecule has 1 unspecified atom stereocenters. The Bertz CT molecular complexity index is 565. The monoisotopic (exact) mass is 331 g/mol. The van der Waals surface area contributed by atoms with Crippen LogP contribution in [0.15, 0.2) is 47.2 Å². The van der Waals surface area contributed by atoms with Gasteiger partial charge in [0.1, 0.15) is 0 Å². The minimum Gasteiger partial charge on any atom is -0.398 e. The van der Waals surface area contributed by atoms with Crippen molar-refractivity contribution >= 4 is 21.6 Å². The van der Waals surface area contributed by atoms with Crippen LogP contribution in [0.2, 0.25) is 0 Å². The zero-order valence-electron chi connectivity index (χ0n) is 11.3. The molecule has 3 nitrogen and oxygen atoms in total. The van der Waals surface area contributed by atoms with Crippen molar-refractivity contribution in [1.29, 1.82) is 0 Å². The molecule has 4 heteroatoms. The number of benzene rings is 1. The minimum atomic E-state index is 0.454. The third-order valence-corrected chi connectivity index (χ3v) is 4.69. The van der Waals surface area contributed by atoms with Crippen LogP contribution in [0, 0.1) is 0 Å². The molecule has 1 fully saturated rings. The van der Waals surface area contributed by atoms with Crippen LogP contribution in [-0.2, 0) is 6.54 Å². The number of hydrogen-bond donors (Lipinski definition) is 1. The zero-order chi connectivity index (χ0) is 13.9. The van der Waals surface area contributed by atoms with Gasteiger partial charge in [0, 0.05) is 40.7 Å². The topological polar surface area (TPSA) is 42.1 Å². The lowest BCUT2D eigenvalue weighted by molar-refractivity contribution is 0.248. The molecular weight excluding hydrogens is 314 g/mol. The maximum absolute atomic E-state index is 6.11. The number of nitrogen functional groups attached to an aromatic ring is 1. The van der Waals surface area contributed by atoms with Gasteiger partial charge in [0.2, 0.25) is 0 Å². The molecule has 1 saturated heterocycles. The highest BCUT2D eigenvalue weighted by Gasteiger charge is 2.26. The highest BCUT2D eigenvalue weighted by molar-refractivity contribution is 9.10. The molecule has 0 spiro atoms. The van der Waals surface area contributed by atoms with Crippen LogP contribution in [-0.4, -0.2) is 16.4 Å². The van der Waals surface area contributed by atoms with Crippen molar-refractivity contribution in [3.63, 3.8) is 0 Å². The zero-order valence-corrected chi connectivity index (χ0v) is 12.9. The fourth-order valence-electron chi connectivity index (χ4n) is 2.91. The smallest absolute Gasteiger partial charge is 0.0371 e. The van der Waals surface area contributed by atoms with Crippen molar-refractivity contribution < 1.29 is 0 Å². The molecule has 1 aromatic carbocycles. The van der Waals surface area contributed by atoms with E-state index in [1.165, 1.54) is 24.0 Å². The largest absolute Gasteiger partial charge is 0.398 e. The van der Waals surface area contributed by atoms with Crippen molar-refractivity contribution in [1.82, 2.24) is 9.88 Å². The minimum absolute atomic E-state index is 0.454. The molecule has 0 amide bonds. The molecule has 0 aliphatic carbocycles. The Kier molecular flexibility index (Phi) is 4.03. The molecule has 2 aromatic rings. The van der Waals surface area contributed by atoms with E-state index in [2.05, 4.69) is 37.9 Å². The number of nitrogens with two attached hydrogens (primary N) is 1. The molecule has 3 rings (SSSR count). The van der Waals surface area contributed by atoms with Gasteiger partial charge in [0.25, 0.3) is 0 Å². The van der Waals surface area contributed by atoms with E-state index in [0.29, 0.717) is 6.04 Å². The summed E-state index contributed by atoms with van der Waals surface area (Å²) in [6.07, 6.45) is 6.22. The fourth-order valence-corrected chi connectivity index (χ4v) is 3.42. The van der Waals surface area contributed by atoms with Crippen LogP contribution < -0.4 is 5.73 Å². The maximum Gasteiger partial charge on any atom is 0.0371 e. The van der Waals surface area contributed by atoms with E-state index >= 15 is 0 Å². The molecule has 0 saturated carbocycles. The molecule has 1 atom stereocenters. The van der Waals surface area contributed by atoms with Gasteiger partial charge in [-0.05, 0) is 43.1 Å². The van der Waals surface area contributed by atoms with Gasteiger partial charge in [0.15, 0.2) is 0 Å². The average molecular weight is 332 g/mol. The van der Waals surface area contributed by atoms with Gasteiger partial charge in [-0.1, -0.05) is 28.1 Å². The summed E-state index contributed by atoms with van der Waals surface area (Å²) in [6, 6.07) is 10.6. The van der Waals surface area contributed by atoms with Crippen molar-refractivity contribution in [3.05, 3.63) is 58.3 Å². The highest BCUT2D eigenvalue weighted by atomic mass is 79.9. The predicted octanol–water partition coefficient (Wildman–Crippen LogP) is 3.76. The van der Waals surface area contributed by atoms with Gasteiger partial charge in [-0.2, -0.15) is 0 Å². The molecule has 2 N–H and O–H groups in total. The number of nitrogens with zero attached hydrogens (tertiary/aromatic N) is 2. The number of rotatable bonds is 3. The Morgan fingerprint density at radius 1 is 1.30 bits per heavy atom. The van der Waals surface area contributed by atoms with E-state index in [4.69, 9.17) is 5.73 Å². The summed E-state index contributed by atoms with van der Waals surface area (Å²) >= 11 is 3.61. The summed E-state index contributed by atoms with van der Waals surface area (Å²) in [5.41, 5.74) is 9.46. The normalized spacial score (nSPS) is 19.4. The van der Waals surface area contributed by atoms with Crippen molar-refractivity contribution in [3.8, 4) is 0 Å². The van der Waals surface area contributed by atoms with E-state index in [-0.39, 0.29) is 0 Å². The molecule has 104 valence electrons. The Morgan fingerprint density at radius 3 is 2.95 bits per heavy atom. The second-order valence-corrected chi connectivity index (χ2v) is 6.08. The van der Waals surface area contributed by atoms with E-state index in [1.807, 2.05) is 30.6 Å². The predicted molar refractivity (Wildman–Crippen MR) is 85.2 cm³/mol. The summed E-state index contributed by atoms with van der Waals surface area (Å²) < 4.78 is 1.09. The van der Waals surface area contributed by atoms with Crippen LogP contribution >= 0.6 is 15.9 Å². The molecule has 1 aromatic heterocycles. The van der Waals surface area contributed by atoms with Crippen molar-refractivity contribution in [2.24, 2.45) is 0 Å². The van der Waals surface area contributed by atoms with Crippen molar-refractivity contribution in [2.45, 2.75) is 25.4 Å². The number of anilines is 1. The number of hydrogen-bond acceptors (Lipinski definition) is 3. The Hall–Kier alpha value is -1.39. The number of aromatic nitrogens is 1. The maximum atomic E-state index is 6.11. The van der Waals surface area contributed by atoms with Crippen LogP contribution in [0.4, 0.5) is 5.69 Å². The van der Waals surface area contributed by atoms with Crippen molar-refractivity contribution in [2.75, 3.05) is 12.3 Å². The number of likely N-dealkylation sites (tertiary alicyclic amines) is 1. The lowest BCUT2D eigenvalue weighted by Crippen LogP contribution is -2.23. The first kappa shape index (κ1) is 13.6. The van der Waals surface area contributed by atoms with E-state index in [0.717, 1.165) is 23.2 Å². The summed E-state index contributed by atoms with van der Waals surface area (Å²) in [7, 11) is 0. The highest BCUT2D eigenvalue weighted by Crippen LogP contribution is 2.35. The third kappa shape index (κ3) is 2.72. The van der Waals surface area contributed by atoms with Crippen LogP contribution in [0.3, 0.4) is 0 Å². The molecule has 0 radical (unpaired) electrons. The molecule has 20 heavy (non-hydrogen) atoms. The van der Waals surface area contributed by atoms with Gasteiger partial charge >= 0.3 is 0 Å². The average Bonchev–Trinajstić information content (AvgIpc) is 2.92. The SMILES string of the molecule is Nc1cccc(Br)c1CN1CCCC1c1cccnc1. The first-order valence-corrected chi connectivity index (χ1v) is 7.72. The number of halogens is 1. The van der Waals surface area contributed by atoms with Crippen LogP contribution in [0.5, 0.6) is 0 Å². The summed E-state index contributed by atoms with van der Waals surface area (Å²) in [5.74, 6) is 0. The second kappa shape index (κ2) is 5.94. The number of pyridine rings is 1.